The third kappa shape index (κ3) is 2.64. The summed E-state index contributed by atoms with van der Waals surface area (Å²) < 4.78 is 10.7. The van der Waals surface area contributed by atoms with E-state index < -0.39 is 0 Å². The fourth-order valence-electron chi connectivity index (χ4n) is 2.23. The molecule has 0 bridgehead atoms. The van der Waals surface area contributed by atoms with E-state index >= 15 is 0 Å². The Labute approximate surface area is 96.4 Å². The number of hydrogen-bond acceptors (Lipinski definition) is 4. The van der Waals surface area contributed by atoms with E-state index in [9.17, 15) is 0 Å². The first-order chi connectivity index (χ1) is 7.83. The van der Waals surface area contributed by atoms with Gasteiger partial charge in [0.2, 0.25) is 0 Å². The zero-order valence-electron chi connectivity index (χ0n) is 9.82. The molecule has 0 unspecified atom stereocenters. The van der Waals surface area contributed by atoms with Crippen molar-refractivity contribution in [1.29, 1.82) is 0 Å². The molecule has 0 atom stereocenters. The molecule has 1 aromatic heterocycles. The molecular weight excluding hydrogens is 204 g/mol. The predicted molar refractivity (Wildman–Crippen MR) is 61.9 cm³/mol. The second-order valence-electron chi connectivity index (χ2n) is 4.28. The van der Waals surface area contributed by atoms with Gasteiger partial charge in [0, 0.05) is 32.3 Å². The van der Waals surface area contributed by atoms with E-state index in [0.717, 1.165) is 38.2 Å². The lowest BCUT2D eigenvalue weighted by atomic mass is 10.1. The SMILES string of the molecule is COC1CCN(Cc2ccoc2CN)CC1. The normalized spacial score (nSPS) is 19.1. The van der Waals surface area contributed by atoms with Crippen LogP contribution >= 0.6 is 0 Å². The van der Waals surface area contributed by atoms with Gasteiger partial charge in [-0.05, 0) is 18.9 Å². The highest BCUT2D eigenvalue weighted by atomic mass is 16.5. The van der Waals surface area contributed by atoms with E-state index in [4.69, 9.17) is 14.9 Å². The molecule has 4 nitrogen and oxygen atoms in total. The highest BCUT2D eigenvalue weighted by Gasteiger charge is 2.19. The van der Waals surface area contributed by atoms with Gasteiger partial charge >= 0.3 is 0 Å². The number of ether oxygens (including phenoxy) is 1. The van der Waals surface area contributed by atoms with Gasteiger partial charge in [0.25, 0.3) is 0 Å². The van der Waals surface area contributed by atoms with Crippen LogP contribution in [0.15, 0.2) is 16.7 Å². The Morgan fingerprint density at radius 2 is 2.25 bits per heavy atom. The molecule has 1 fully saturated rings. The Hall–Kier alpha value is -0.840. The van der Waals surface area contributed by atoms with E-state index in [2.05, 4.69) is 4.90 Å². The zero-order valence-corrected chi connectivity index (χ0v) is 9.82. The number of rotatable bonds is 4. The quantitative estimate of drug-likeness (QED) is 0.838. The van der Waals surface area contributed by atoms with Crippen LogP contribution < -0.4 is 5.73 Å². The standard InChI is InChI=1S/C12H20N2O2/c1-15-11-2-5-14(6-3-11)9-10-4-7-16-12(10)8-13/h4,7,11H,2-3,5-6,8-9,13H2,1H3. The first-order valence-corrected chi connectivity index (χ1v) is 5.84. The Balaban J connectivity index is 1.87. The molecule has 1 saturated heterocycles. The van der Waals surface area contributed by atoms with Gasteiger partial charge < -0.3 is 14.9 Å². The molecule has 0 aromatic carbocycles. The minimum atomic E-state index is 0.439. The predicted octanol–water partition coefficient (Wildman–Crippen LogP) is 1.35. The molecule has 0 amide bonds. The molecule has 2 N–H and O–H groups in total. The number of furan rings is 1. The molecule has 2 rings (SSSR count). The van der Waals surface area contributed by atoms with Crippen molar-refractivity contribution in [2.75, 3.05) is 20.2 Å². The van der Waals surface area contributed by atoms with Crippen LogP contribution in [-0.4, -0.2) is 31.2 Å². The summed E-state index contributed by atoms with van der Waals surface area (Å²) in [4.78, 5) is 2.43. The summed E-state index contributed by atoms with van der Waals surface area (Å²) in [6, 6.07) is 2.02. The molecule has 16 heavy (non-hydrogen) atoms. The molecule has 2 heterocycles. The molecule has 0 saturated carbocycles. The summed E-state index contributed by atoms with van der Waals surface area (Å²) in [5.74, 6) is 0.911. The van der Waals surface area contributed by atoms with Crippen molar-refractivity contribution in [3.8, 4) is 0 Å². The molecule has 4 heteroatoms. The second kappa shape index (κ2) is 5.48. The number of likely N-dealkylation sites (tertiary alicyclic amines) is 1. The summed E-state index contributed by atoms with van der Waals surface area (Å²) in [6.45, 7) is 3.61. The van der Waals surface area contributed by atoms with Crippen LogP contribution in [0.2, 0.25) is 0 Å². The summed E-state index contributed by atoms with van der Waals surface area (Å²) in [6.07, 6.45) is 4.40. The Bertz CT molecular complexity index is 317. The van der Waals surface area contributed by atoms with E-state index in [1.807, 2.05) is 6.07 Å². The van der Waals surface area contributed by atoms with E-state index in [1.165, 1.54) is 5.56 Å². The molecule has 0 aliphatic carbocycles. The number of nitrogens with two attached hydrogens (primary N) is 1. The average Bonchev–Trinajstić information content (AvgIpc) is 2.77. The van der Waals surface area contributed by atoms with Gasteiger partial charge in [-0.3, -0.25) is 4.90 Å². The summed E-state index contributed by atoms with van der Waals surface area (Å²) in [5, 5.41) is 0. The van der Waals surface area contributed by atoms with Crippen LogP contribution in [-0.2, 0) is 17.8 Å². The van der Waals surface area contributed by atoms with E-state index in [-0.39, 0.29) is 0 Å². The molecular formula is C12H20N2O2. The Morgan fingerprint density at radius 3 is 2.88 bits per heavy atom. The van der Waals surface area contributed by atoms with Crippen molar-refractivity contribution < 1.29 is 9.15 Å². The lowest BCUT2D eigenvalue weighted by Gasteiger charge is -2.30. The van der Waals surface area contributed by atoms with Crippen molar-refractivity contribution in [2.45, 2.75) is 32.0 Å². The van der Waals surface area contributed by atoms with Gasteiger partial charge in [-0.2, -0.15) is 0 Å². The summed E-state index contributed by atoms with van der Waals surface area (Å²) in [5.41, 5.74) is 6.83. The van der Waals surface area contributed by atoms with Crippen LogP contribution in [0.3, 0.4) is 0 Å². The van der Waals surface area contributed by atoms with Crippen LogP contribution in [0.4, 0.5) is 0 Å². The first-order valence-electron chi connectivity index (χ1n) is 5.84. The second-order valence-corrected chi connectivity index (χ2v) is 4.28. The lowest BCUT2D eigenvalue weighted by molar-refractivity contribution is 0.0387. The van der Waals surface area contributed by atoms with Gasteiger partial charge in [-0.25, -0.2) is 0 Å². The Kier molecular flexibility index (Phi) is 3.98. The van der Waals surface area contributed by atoms with Crippen LogP contribution in [0.25, 0.3) is 0 Å². The molecule has 0 radical (unpaired) electrons. The van der Waals surface area contributed by atoms with Gasteiger partial charge in [-0.15, -0.1) is 0 Å². The molecule has 1 aromatic rings. The van der Waals surface area contributed by atoms with Crippen LogP contribution in [0.1, 0.15) is 24.2 Å². The fourth-order valence-corrected chi connectivity index (χ4v) is 2.23. The molecule has 90 valence electrons. The fraction of sp³-hybridized carbons (Fsp3) is 0.667. The molecule has 0 spiro atoms. The van der Waals surface area contributed by atoms with Crippen molar-refractivity contribution in [2.24, 2.45) is 5.73 Å². The first kappa shape index (κ1) is 11.6. The van der Waals surface area contributed by atoms with Crippen LogP contribution in [0.5, 0.6) is 0 Å². The highest BCUT2D eigenvalue weighted by molar-refractivity contribution is 5.16. The minimum Gasteiger partial charge on any atom is -0.468 e. The summed E-state index contributed by atoms with van der Waals surface area (Å²) >= 11 is 0. The van der Waals surface area contributed by atoms with Crippen LogP contribution in [0, 0.1) is 0 Å². The van der Waals surface area contributed by atoms with Crippen molar-refractivity contribution in [3.63, 3.8) is 0 Å². The Morgan fingerprint density at radius 1 is 1.50 bits per heavy atom. The van der Waals surface area contributed by atoms with Crippen molar-refractivity contribution >= 4 is 0 Å². The average molecular weight is 224 g/mol. The maximum atomic E-state index is 5.61. The molecule has 1 aliphatic heterocycles. The monoisotopic (exact) mass is 224 g/mol. The minimum absolute atomic E-state index is 0.439. The lowest BCUT2D eigenvalue weighted by Crippen LogP contribution is -2.36. The van der Waals surface area contributed by atoms with Gasteiger partial charge in [0.05, 0.1) is 18.9 Å². The van der Waals surface area contributed by atoms with Gasteiger partial charge in [0.15, 0.2) is 0 Å². The third-order valence-corrected chi connectivity index (χ3v) is 3.28. The van der Waals surface area contributed by atoms with Crippen molar-refractivity contribution in [3.05, 3.63) is 23.7 Å². The molecule has 1 aliphatic rings. The van der Waals surface area contributed by atoms with Gasteiger partial charge in [-0.1, -0.05) is 0 Å². The summed E-state index contributed by atoms with van der Waals surface area (Å²) in [7, 11) is 1.79. The van der Waals surface area contributed by atoms with E-state index in [1.54, 1.807) is 13.4 Å². The number of methoxy groups -OCH3 is 1. The maximum absolute atomic E-state index is 5.61. The van der Waals surface area contributed by atoms with Gasteiger partial charge in [0.1, 0.15) is 5.76 Å². The van der Waals surface area contributed by atoms with Crippen molar-refractivity contribution in [1.82, 2.24) is 4.90 Å². The largest absolute Gasteiger partial charge is 0.468 e. The number of hydrogen-bond donors (Lipinski definition) is 1. The smallest absolute Gasteiger partial charge is 0.121 e. The number of nitrogens with zero attached hydrogens (tertiary/aromatic N) is 1. The topological polar surface area (TPSA) is 51.6 Å². The zero-order chi connectivity index (χ0) is 11.4. The highest BCUT2D eigenvalue weighted by Crippen LogP contribution is 2.18. The number of piperidine rings is 1. The van der Waals surface area contributed by atoms with E-state index in [0.29, 0.717) is 12.6 Å². The third-order valence-electron chi connectivity index (χ3n) is 3.28. The maximum Gasteiger partial charge on any atom is 0.121 e.